The van der Waals surface area contributed by atoms with Gasteiger partial charge >= 0.3 is 18.0 Å². The van der Waals surface area contributed by atoms with E-state index < -0.39 is 76.7 Å². The van der Waals surface area contributed by atoms with Gasteiger partial charge in [-0.1, -0.05) is 58.9 Å². The Kier molecular flexibility index (Phi) is 15.5. The molecular formula is C40H61N5O9. The van der Waals surface area contributed by atoms with Crippen LogP contribution in [-0.2, 0) is 50.6 Å². The number of rotatable bonds is 15. The summed E-state index contributed by atoms with van der Waals surface area (Å²) in [6.45, 7) is 19.4. The SMILES string of the molecule is CCOC(=O)CC(NC(=O)/C(C)=C/CN(C)C(=O)C(NC(=O)C(N(C)C(=O)OC(C)(C)C)C(C)(C)c1cn(C)c2ccccc12)C(C)(C)C)C(=O)OCC. The number of fused-ring (bicyclic) bond motifs is 1. The lowest BCUT2D eigenvalue weighted by Gasteiger charge is -2.41. The van der Waals surface area contributed by atoms with Crippen LogP contribution in [0.4, 0.5) is 4.79 Å². The minimum absolute atomic E-state index is 0.0226. The number of hydrogen-bond acceptors (Lipinski definition) is 9. The summed E-state index contributed by atoms with van der Waals surface area (Å²) in [7, 11) is 4.98. The lowest BCUT2D eigenvalue weighted by molar-refractivity contribution is -0.153. The van der Waals surface area contributed by atoms with E-state index in [4.69, 9.17) is 14.2 Å². The maximum atomic E-state index is 14.6. The topological polar surface area (TPSA) is 166 Å². The average Bonchev–Trinajstić information content (AvgIpc) is 3.41. The highest BCUT2D eigenvalue weighted by Crippen LogP contribution is 2.37. The van der Waals surface area contributed by atoms with Crippen LogP contribution in [-0.4, -0.2) is 108 Å². The van der Waals surface area contributed by atoms with E-state index in [1.807, 2.05) is 76.7 Å². The molecule has 0 aliphatic carbocycles. The van der Waals surface area contributed by atoms with E-state index in [-0.39, 0.29) is 25.3 Å². The first-order valence-corrected chi connectivity index (χ1v) is 18.2. The molecule has 0 spiro atoms. The summed E-state index contributed by atoms with van der Waals surface area (Å²) < 4.78 is 17.6. The third-order valence-electron chi connectivity index (χ3n) is 8.95. The van der Waals surface area contributed by atoms with Gasteiger partial charge in [0, 0.05) is 55.8 Å². The molecule has 0 saturated carbocycles. The molecule has 2 rings (SSSR count). The number of benzene rings is 1. The summed E-state index contributed by atoms with van der Waals surface area (Å²) in [5.74, 6) is -3.07. The van der Waals surface area contributed by atoms with Crippen LogP contribution in [0.2, 0.25) is 0 Å². The molecule has 0 bridgehead atoms. The fourth-order valence-corrected chi connectivity index (χ4v) is 6.07. The quantitative estimate of drug-likeness (QED) is 0.150. The second-order valence-corrected chi connectivity index (χ2v) is 16.1. The van der Waals surface area contributed by atoms with E-state index in [0.717, 1.165) is 16.5 Å². The summed E-state index contributed by atoms with van der Waals surface area (Å²) in [5.41, 5.74) is -0.619. The molecule has 1 aromatic heterocycles. The maximum absolute atomic E-state index is 14.6. The minimum atomic E-state index is -1.26. The highest BCUT2D eigenvalue weighted by Gasteiger charge is 2.46. The number of nitrogens with one attached hydrogen (secondary N) is 2. The third kappa shape index (κ3) is 11.8. The van der Waals surface area contributed by atoms with Gasteiger partial charge in [0.25, 0.3) is 0 Å². The van der Waals surface area contributed by atoms with Crippen LogP contribution in [0, 0.1) is 5.41 Å². The second kappa shape index (κ2) is 18.4. The Hall–Kier alpha value is -4.88. The van der Waals surface area contributed by atoms with Gasteiger partial charge in [-0.2, -0.15) is 0 Å². The van der Waals surface area contributed by atoms with Gasteiger partial charge < -0.3 is 34.3 Å². The van der Waals surface area contributed by atoms with E-state index in [0.29, 0.717) is 0 Å². The van der Waals surface area contributed by atoms with Gasteiger partial charge in [0.05, 0.1) is 19.6 Å². The molecule has 0 aliphatic heterocycles. The van der Waals surface area contributed by atoms with Crippen molar-refractivity contribution in [2.75, 3.05) is 33.9 Å². The number of amides is 4. The number of nitrogens with zero attached hydrogens (tertiary/aromatic N) is 3. The molecule has 0 radical (unpaired) electrons. The zero-order valence-electron chi connectivity index (χ0n) is 34.5. The molecule has 0 fully saturated rings. The van der Waals surface area contributed by atoms with Gasteiger partial charge in [-0.05, 0) is 58.6 Å². The number of para-hydroxylation sites is 1. The minimum Gasteiger partial charge on any atom is -0.466 e. The Bertz CT molecular complexity index is 1710. The third-order valence-corrected chi connectivity index (χ3v) is 8.95. The highest BCUT2D eigenvalue weighted by molar-refractivity contribution is 5.97. The molecule has 1 aromatic carbocycles. The van der Waals surface area contributed by atoms with Crippen molar-refractivity contribution in [2.24, 2.45) is 12.5 Å². The highest BCUT2D eigenvalue weighted by atomic mass is 16.6. The van der Waals surface area contributed by atoms with E-state index >= 15 is 0 Å². The number of ether oxygens (including phenoxy) is 3. The van der Waals surface area contributed by atoms with E-state index in [1.54, 1.807) is 41.7 Å². The molecule has 54 heavy (non-hydrogen) atoms. The first kappa shape index (κ1) is 45.3. The van der Waals surface area contributed by atoms with Crippen molar-refractivity contribution >= 4 is 46.7 Å². The second-order valence-electron chi connectivity index (χ2n) is 16.1. The normalized spacial score (nSPS) is 14.0. The molecule has 14 nitrogen and oxygen atoms in total. The van der Waals surface area contributed by atoms with Crippen molar-refractivity contribution in [2.45, 2.75) is 112 Å². The molecule has 3 atom stereocenters. The summed E-state index contributed by atoms with van der Waals surface area (Å²) in [6, 6.07) is 4.38. The first-order valence-electron chi connectivity index (χ1n) is 18.2. The van der Waals surface area contributed by atoms with Crippen LogP contribution in [0.5, 0.6) is 0 Å². The lowest BCUT2D eigenvalue weighted by Crippen LogP contribution is -2.62. The summed E-state index contributed by atoms with van der Waals surface area (Å²) in [4.78, 5) is 82.5. The number of aryl methyl sites for hydroxylation is 1. The molecule has 0 aliphatic rings. The van der Waals surface area contributed by atoms with E-state index in [1.165, 1.54) is 29.8 Å². The largest absolute Gasteiger partial charge is 0.466 e. The standard InChI is InChI=1S/C40H61N5O9/c1-15-52-30(46)23-28(36(50)53-16-2)41-33(47)25(3)21-22-43(12)35(49)31(38(4,5)6)42-34(48)32(45(14)37(51)54-39(7,8)9)40(10,11)27-24-44(13)29-20-18-17-19-26(27)29/h17-21,24,28,31-32H,15-16,22-23H2,1-14H3,(H,41,47)(H,42,48)/b25-21+. The molecule has 1 heterocycles. The zero-order valence-corrected chi connectivity index (χ0v) is 34.5. The number of carbonyl (C=O) groups is 6. The predicted molar refractivity (Wildman–Crippen MR) is 206 cm³/mol. The lowest BCUT2D eigenvalue weighted by atomic mass is 9.76. The van der Waals surface area contributed by atoms with Crippen molar-refractivity contribution in [3.05, 3.63) is 47.7 Å². The monoisotopic (exact) mass is 755 g/mol. The van der Waals surface area contributed by atoms with Crippen LogP contribution < -0.4 is 10.6 Å². The van der Waals surface area contributed by atoms with E-state index in [2.05, 4.69) is 10.6 Å². The zero-order chi connectivity index (χ0) is 41.3. The Balaban J connectivity index is 2.43. The Morgan fingerprint density at radius 1 is 0.889 bits per heavy atom. The molecule has 2 aromatic rings. The van der Waals surface area contributed by atoms with Crippen LogP contribution in [0.3, 0.4) is 0 Å². The van der Waals surface area contributed by atoms with Crippen molar-refractivity contribution in [3.63, 3.8) is 0 Å². The summed E-state index contributed by atoms with van der Waals surface area (Å²) in [5, 5.41) is 6.41. The molecule has 3 unspecified atom stereocenters. The van der Waals surface area contributed by atoms with Gasteiger partial charge in [0.1, 0.15) is 23.7 Å². The van der Waals surface area contributed by atoms with Gasteiger partial charge in [-0.3, -0.25) is 24.1 Å². The first-order chi connectivity index (χ1) is 24.9. The fourth-order valence-electron chi connectivity index (χ4n) is 6.07. The van der Waals surface area contributed by atoms with Crippen molar-refractivity contribution in [1.29, 1.82) is 0 Å². The Morgan fingerprint density at radius 2 is 1.48 bits per heavy atom. The van der Waals surface area contributed by atoms with Crippen molar-refractivity contribution < 1.29 is 43.0 Å². The molecule has 4 amide bonds. The number of hydrogen-bond donors (Lipinski definition) is 2. The van der Waals surface area contributed by atoms with Crippen LogP contribution in [0.1, 0.15) is 88.1 Å². The number of aromatic nitrogens is 1. The molecule has 14 heteroatoms. The smallest absolute Gasteiger partial charge is 0.410 e. The van der Waals surface area contributed by atoms with Gasteiger partial charge in [0.2, 0.25) is 17.7 Å². The maximum Gasteiger partial charge on any atom is 0.410 e. The van der Waals surface area contributed by atoms with Crippen molar-refractivity contribution in [1.82, 2.24) is 25.0 Å². The van der Waals surface area contributed by atoms with E-state index in [9.17, 15) is 28.8 Å². The molecule has 2 N–H and O–H groups in total. The van der Waals surface area contributed by atoms with Gasteiger partial charge in [-0.15, -0.1) is 0 Å². The Morgan fingerprint density at radius 3 is 2.04 bits per heavy atom. The van der Waals surface area contributed by atoms with Crippen LogP contribution in [0.15, 0.2) is 42.1 Å². The van der Waals surface area contributed by atoms with Crippen LogP contribution >= 0.6 is 0 Å². The van der Waals surface area contributed by atoms with Crippen LogP contribution in [0.25, 0.3) is 10.9 Å². The molecular weight excluding hydrogens is 694 g/mol. The average molecular weight is 756 g/mol. The number of likely N-dealkylation sites (N-methyl/N-ethyl adjacent to an activating group) is 2. The summed E-state index contributed by atoms with van der Waals surface area (Å²) in [6.07, 6.45) is 2.35. The number of esters is 2. The molecule has 300 valence electrons. The van der Waals surface area contributed by atoms with Gasteiger partial charge in [-0.25, -0.2) is 9.59 Å². The summed E-state index contributed by atoms with van der Waals surface area (Å²) >= 11 is 0. The van der Waals surface area contributed by atoms with Gasteiger partial charge in [0.15, 0.2) is 0 Å². The van der Waals surface area contributed by atoms with Crippen molar-refractivity contribution in [3.8, 4) is 0 Å². The molecule has 0 saturated heterocycles. The number of carbonyl (C=O) groups excluding carboxylic acids is 6. The predicted octanol–water partition coefficient (Wildman–Crippen LogP) is 4.63. The fraction of sp³-hybridized carbons (Fsp3) is 0.600. The Labute approximate surface area is 319 Å².